The van der Waals surface area contributed by atoms with Gasteiger partial charge in [-0.2, -0.15) is 9.78 Å². The molecule has 3 aromatic rings. The minimum atomic E-state index is -0.545. The van der Waals surface area contributed by atoms with Gasteiger partial charge in [0.2, 0.25) is 0 Å². The van der Waals surface area contributed by atoms with Crippen LogP contribution in [0.4, 0.5) is 10.6 Å². The van der Waals surface area contributed by atoms with Crippen molar-refractivity contribution in [3.63, 3.8) is 0 Å². The summed E-state index contributed by atoms with van der Waals surface area (Å²) in [5.41, 5.74) is 1.64. The predicted octanol–water partition coefficient (Wildman–Crippen LogP) is 2.91. The number of nitrogens with one attached hydrogen (secondary N) is 1. The first-order valence-corrected chi connectivity index (χ1v) is 6.45. The maximum absolute atomic E-state index is 11.4. The van der Waals surface area contributed by atoms with E-state index in [4.69, 9.17) is 0 Å². The van der Waals surface area contributed by atoms with Crippen LogP contribution in [-0.2, 0) is 4.74 Å². The number of fused-ring (bicyclic) bond motifs is 1. The predicted molar refractivity (Wildman–Crippen MR) is 79.6 cm³/mol. The van der Waals surface area contributed by atoms with Gasteiger partial charge < -0.3 is 4.74 Å². The molecule has 21 heavy (non-hydrogen) atoms. The first kappa shape index (κ1) is 13.1. The zero-order valence-electron chi connectivity index (χ0n) is 11.7. The lowest BCUT2D eigenvalue weighted by Crippen LogP contribution is -2.15. The average Bonchev–Trinajstić information content (AvgIpc) is 2.87. The van der Waals surface area contributed by atoms with Gasteiger partial charge in [-0.05, 0) is 25.1 Å². The van der Waals surface area contributed by atoms with Crippen molar-refractivity contribution < 1.29 is 9.53 Å². The monoisotopic (exact) mass is 282 g/mol. The highest BCUT2D eigenvalue weighted by molar-refractivity contribution is 5.84. The fourth-order valence-electron chi connectivity index (χ4n) is 2.09. The van der Waals surface area contributed by atoms with Gasteiger partial charge >= 0.3 is 6.09 Å². The molecule has 6 nitrogen and oxygen atoms in total. The van der Waals surface area contributed by atoms with Crippen LogP contribution in [0.3, 0.4) is 0 Å². The Labute approximate surface area is 121 Å². The van der Waals surface area contributed by atoms with Crippen molar-refractivity contribution in [1.82, 2.24) is 14.8 Å². The Hall–Kier alpha value is -2.89. The number of rotatable bonds is 2. The fourth-order valence-corrected chi connectivity index (χ4v) is 2.09. The lowest BCUT2D eigenvalue weighted by Gasteiger charge is -2.08. The molecule has 0 aliphatic carbocycles. The van der Waals surface area contributed by atoms with E-state index in [0.717, 1.165) is 16.6 Å². The third kappa shape index (κ3) is 2.55. The quantitative estimate of drug-likeness (QED) is 0.784. The number of carbonyl (C=O) groups excluding carboxylic acids is 1. The molecule has 1 amide bonds. The molecule has 1 aromatic carbocycles. The van der Waals surface area contributed by atoms with E-state index in [1.165, 1.54) is 7.11 Å². The summed E-state index contributed by atoms with van der Waals surface area (Å²) in [6.07, 6.45) is -0.545. The number of anilines is 1. The van der Waals surface area contributed by atoms with Gasteiger partial charge in [0.05, 0.1) is 18.3 Å². The van der Waals surface area contributed by atoms with Gasteiger partial charge in [0.25, 0.3) is 0 Å². The number of methoxy groups -OCH3 is 1. The second kappa shape index (κ2) is 5.24. The molecule has 2 heterocycles. The van der Waals surface area contributed by atoms with Crippen molar-refractivity contribution >= 4 is 22.8 Å². The molecule has 0 aliphatic heterocycles. The number of benzene rings is 1. The molecular weight excluding hydrogens is 268 g/mol. The molecule has 0 radical (unpaired) electrons. The van der Waals surface area contributed by atoms with Crippen LogP contribution in [0.2, 0.25) is 0 Å². The van der Waals surface area contributed by atoms with E-state index in [9.17, 15) is 4.79 Å². The highest BCUT2D eigenvalue weighted by atomic mass is 16.5. The number of aryl methyl sites for hydroxylation is 1. The largest absolute Gasteiger partial charge is 0.453 e. The number of pyridine rings is 1. The first-order chi connectivity index (χ1) is 10.2. The van der Waals surface area contributed by atoms with E-state index < -0.39 is 6.09 Å². The number of hydrogen-bond donors (Lipinski definition) is 1. The van der Waals surface area contributed by atoms with Crippen LogP contribution < -0.4 is 5.32 Å². The van der Waals surface area contributed by atoms with Crippen LogP contribution in [0.15, 0.2) is 42.5 Å². The number of hydrogen-bond acceptors (Lipinski definition) is 4. The first-order valence-electron chi connectivity index (χ1n) is 6.45. The highest BCUT2D eigenvalue weighted by Gasteiger charge is 2.12. The normalized spacial score (nSPS) is 10.6. The Morgan fingerprint density at radius 1 is 1.24 bits per heavy atom. The number of nitrogens with zero attached hydrogens (tertiary/aromatic N) is 3. The standard InChI is InChI=1S/C15H14N4O2/c1-10-9-14(17-15(20)21-2)19(18-10)13-8-7-11-5-3-4-6-12(11)16-13/h3-9H,1-2H3,(H,17,20). The van der Waals surface area contributed by atoms with Crippen molar-refractivity contribution in [3.05, 3.63) is 48.2 Å². The molecule has 0 spiro atoms. The SMILES string of the molecule is COC(=O)Nc1cc(C)nn1-c1ccc2ccccc2n1. The number of ether oxygens (including phenoxy) is 1. The van der Waals surface area contributed by atoms with Crippen molar-refractivity contribution in [2.75, 3.05) is 12.4 Å². The van der Waals surface area contributed by atoms with Gasteiger partial charge in [-0.15, -0.1) is 0 Å². The van der Waals surface area contributed by atoms with E-state index in [0.29, 0.717) is 11.6 Å². The average molecular weight is 282 g/mol. The van der Waals surface area contributed by atoms with Gasteiger partial charge in [-0.3, -0.25) is 5.32 Å². The molecule has 0 atom stereocenters. The van der Waals surface area contributed by atoms with Crippen LogP contribution >= 0.6 is 0 Å². The molecule has 6 heteroatoms. The molecule has 106 valence electrons. The van der Waals surface area contributed by atoms with Gasteiger partial charge in [0.1, 0.15) is 5.82 Å². The van der Waals surface area contributed by atoms with Gasteiger partial charge in [0.15, 0.2) is 5.82 Å². The van der Waals surface area contributed by atoms with E-state index in [-0.39, 0.29) is 0 Å². The Morgan fingerprint density at radius 2 is 2.05 bits per heavy atom. The summed E-state index contributed by atoms with van der Waals surface area (Å²) >= 11 is 0. The topological polar surface area (TPSA) is 69.0 Å². The van der Waals surface area contributed by atoms with Crippen molar-refractivity contribution in [3.8, 4) is 5.82 Å². The smallest absolute Gasteiger partial charge is 0.412 e. The Kier molecular flexibility index (Phi) is 3.27. The van der Waals surface area contributed by atoms with Crippen LogP contribution in [-0.4, -0.2) is 28.0 Å². The van der Waals surface area contributed by atoms with Gasteiger partial charge in [-0.25, -0.2) is 9.78 Å². The van der Waals surface area contributed by atoms with E-state index in [1.54, 1.807) is 10.7 Å². The van der Waals surface area contributed by atoms with Crippen LogP contribution in [0.25, 0.3) is 16.7 Å². The Morgan fingerprint density at radius 3 is 2.86 bits per heavy atom. The highest BCUT2D eigenvalue weighted by Crippen LogP contribution is 2.19. The molecule has 0 unspecified atom stereocenters. The zero-order valence-corrected chi connectivity index (χ0v) is 11.7. The van der Waals surface area contributed by atoms with Crippen LogP contribution in [0.1, 0.15) is 5.69 Å². The lowest BCUT2D eigenvalue weighted by atomic mass is 10.2. The third-order valence-electron chi connectivity index (χ3n) is 3.05. The molecule has 0 saturated carbocycles. The van der Waals surface area contributed by atoms with Gasteiger partial charge in [0, 0.05) is 11.5 Å². The number of carbonyl (C=O) groups is 1. The molecule has 3 rings (SSSR count). The summed E-state index contributed by atoms with van der Waals surface area (Å²) in [4.78, 5) is 16.0. The molecule has 0 aliphatic rings. The molecule has 0 saturated heterocycles. The summed E-state index contributed by atoms with van der Waals surface area (Å²) in [5, 5.41) is 8.03. The van der Waals surface area contributed by atoms with Crippen molar-refractivity contribution in [1.29, 1.82) is 0 Å². The summed E-state index contributed by atoms with van der Waals surface area (Å²) in [6, 6.07) is 13.4. The second-order valence-electron chi connectivity index (χ2n) is 4.56. The molecule has 0 fully saturated rings. The molecular formula is C15H14N4O2. The fraction of sp³-hybridized carbons (Fsp3) is 0.133. The Bertz CT molecular complexity index is 810. The lowest BCUT2D eigenvalue weighted by molar-refractivity contribution is 0.186. The second-order valence-corrected chi connectivity index (χ2v) is 4.56. The van der Waals surface area contributed by atoms with E-state index in [1.807, 2.05) is 43.3 Å². The molecule has 2 aromatic heterocycles. The minimum Gasteiger partial charge on any atom is -0.453 e. The minimum absolute atomic E-state index is 0.516. The summed E-state index contributed by atoms with van der Waals surface area (Å²) < 4.78 is 6.19. The summed E-state index contributed by atoms with van der Waals surface area (Å²) in [6.45, 7) is 1.85. The van der Waals surface area contributed by atoms with Crippen LogP contribution in [0, 0.1) is 6.92 Å². The molecule has 1 N–H and O–H groups in total. The molecule has 0 bridgehead atoms. The Balaban J connectivity index is 2.07. The van der Waals surface area contributed by atoms with E-state index >= 15 is 0 Å². The number of aromatic nitrogens is 3. The maximum atomic E-state index is 11.4. The van der Waals surface area contributed by atoms with Crippen LogP contribution in [0.5, 0.6) is 0 Å². The summed E-state index contributed by atoms with van der Waals surface area (Å²) in [7, 11) is 1.32. The summed E-state index contributed by atoms with van der Waals surface area (Å²) in [5.74, 6) is 1.15. The zero-order chi connectivity index (χ0) is 14.8. The maximum Gasteiger partial charge on any atom is 0.412 e. The van der Waals surface area contributed by atoms with Crippen molar-refractivity contribution in [2.24, 2.45) is 0 Å². The third-order valence-corrected chi connectivity index (χ3v) is 3.05. The number of para-hydroxylation sites is 1. The van der Waals surface area contributed by atoms with E-state index in [2.05, 4.69) is 20.1 Å². The number of amides is 1. The van der Waals surface area contributed by atoms with Crippen molar-refractivity contribution in [2.45, 2.75) is 6.92 Å². The van der Waals surface area contributed by atoms with Gasteiger partial charge in [-0.1, -0.05) is 18.2 Å².